The molecule has 0 spiro atoms. The number of aliphatic hydroxyl groups excluding tert-OH is 1. The van der Waals surface area contributed by atoms with E-state index >= 15 is 0 Å². The fraction of sp³-hybridized carbons (Fsp3) is 0.429. The summed E-state index contributed by atoms with van der Waals surface area (Å²) < 4.78 is 16.4. The molecule has 0 radical (unpaired) electrons. The molecule has 1 aliphatic rings. The molecule has 0 aliphatic carbocycles. The van der Waals surface area contributed by atoms with Crippen molar-refractivity contribution in [1.82, 2.24) is 0 Å². The molecular formula is C14H16O4. The van der Waals surface area contributed by atoms with Crippen LogP contribution in [0.2, 0.25) is 0 Å². The van der Waals surface area contributed by atoms with E-state index in [0.717, 1.165) is 5.56 Å². The van der Waals surface area contributed by atoms with Gasteiger partial charge in [-0.3, -0.25) is 0 Å². The van der Waals surface area contributed by atoms with Gasteiger partial charge in [-0.15, -0.1) is 6.42 Å². The summed E-state index contributed by atoms with van der Waals surface area (Å²) in [4.78, 5) is 0. The molecular weight excluding hydrogens is 232 g/mol. The minimum absolute atomic E-state index is 0.109. The summed E-state index contributed by atoms with van der Waals surface area (Å²) in [5, 5.41) is 8.98. The summed E-state index contributed by atoms with van der Waals surface area (Å²) in [6.45, 7) is 0.771. The van der Waals surface area contributed by atoms with Crippen LogP contribution in [0.1, 0.15) is 5.56 Å². The summed E-state index contributed by atoms with van der Waals surface area (Å²) in [7, 11) is 0. The summed E-state index contributed by atoms with van der Waals surface area (Å²) in [5.41, 5.74) is 1.06. The maximum Gasteiger partial charge on any atom is 0.258 e. The first-order valence-corrected chi connectivity index (χ1v) is 5.80. The van der Waals surface area contributed by atoms with E-state index in [1.54, 1.807) is 0 Å². The van der Waals surface area contributed by atoms with Gasteiger partial charge in [-0.1, -0.05) is 30.3 Å². The molecule has 0 bridgehead atoms. The summed E-state index contributed by atoms with van der Waals surface area (Å²) in [5.74, 6) is 1.28. The van der Waals surface area contributed by atoms with Crippen LogP contribution in [0.3, 0.4) is 0 Å². The van der Waals surface area contributed by atoms with Crippen LogP contribution in [0.4, 0.5) is 0 Å². The number of terminal acetylenes is 1. The lowest BCUT2D eigenvalue weighted by atomic mass is 10.2. The van der Waals surface area contributed by atoms with Crippen molar-refractivity contribution >= 4 is 0 Å². The smallest absolute Gasteiger partial charge is 0.258 e. The van der Waals surface area contributed by atoms with E-state index in [0.29, 0.717) is 6.61 Å². The van der Waals surface area contributed by atoms with E-state index in [1.807, 2.05) is 30.3 Å². The SMILES string of the molecule is C#C[C@@]1(COCc2ccccc2)OC[C@@H](CO)O1. The molecule has 1 heterocycles. The molecule has 0 saturated carbocycles. The number of rotatable bonds is 5. The Bertz CT molecular complexity index is 412. The molecule has 96 valence electrons. The summed E-state index contributed by atoms with van der Waals surface area (Å²) in [6.07, 6.45) is 5.03. The quantitative estimate of drug-likeness (QED) is 0.788. The molecule has 18 heavy (non-hydrogen) atoms. The molecule has 1 fully saturated rings. The third-order valence-electron chi connectivity index (χ3n) is 2.69. The molecule has 0 aromatic heterocycles. The van der Waals surface area contributed by atoms with Crippen molar-refractivity contribution in [2.45, 2.75) is 18.5 Å². The highest BCUT2D eigenvalue weighted by atomic mass is 16.8. The van der Waals surface area contributed by atoms with Crippen LogP contribution in [-0.4, -0.2) is 36.8 Å². The van der Waals surface area contributed by atoms with Crippen LogP contribution in [0.15, 0.2) is 30.3 Å². The number of hydrogen-bond acceptors (Lipinski definition) is 4. The Kier molecular flexibility index (Phi) is 4.34. The fourth-order valence-electron chi connectivity index (χ4n) is 1.73. The van der Waals surface area contributed by atoms with Crippen LogP contribution in [-0.2, 0) is 20.8 Å². The molecule has 1 aromatic carbocycles. The second-order valence-corrected chi connectivity index (χ2v) is 4.11. The number of ether oxygens (including phenoxy) is 3. The normalized spacial score (nSPS) is 27.0. The van der Waals surface area contributed by atoms with Gasteiger partial charge in [0.1, 0.15) is 12.7 Å². The second-order valence-electron chi connectivity index (χ2n) is 4.11. The lowest BCUT2D eigenvalue weighted by Gasteiger charge is -2.21. The Labute approximate surface area is 106 Å². The molecule has 2 rings (SSSR count). The maximum atomic E-state index is 8.98. The molecule has 1 aromatic rings. The highest BCUT2D eigenvalue weighted by molar-refractivity contribution is 5.13. The van der Waals surface area contributed by atoms with E-state index in [2.05, 4.69) is 5.92 Å². The predicted molar refractivity (Wildman–Crippen MR) is 65.6 cm³/mol. The van der Waals surface area contributed by atoms with Gasteiger partial charge in [-0.05, 0) is 11.5 Å². The van der Waals surface area contributed by atoms with Crippen molar-refractivity contribution in [3.63, 3.8) is 0 Å². The van der Waals surface area contributed by atoms with E-state index in [1.165, 1.54) is 0 Å². The Balaban J connectivity index is 1.84. The zero-order chi connectivity index (χ0) is 12.8. The third kappa shape index (κ3) is 3.09. The second kappa shape index (κ2) is 5.98. The summed E-state index contributed by atoms with van der Waals surface area (Å²) >= 11 is 0. The first kappa shape index (κ1) is 13.1. The number of benzene rings is 1. The maximum absolute atomic E-state index is 8.98. The number of hydrogen-bond donors (Lipinski definition) is 1. The van der Waals surface area contributed by atoms with E-state index < -0.39 is 5.79 Å². The van der Waals surface area contributed by atoms with Gasteiger partial charge in [0.15, 0.2) is 0 Å². The average molecular weight is 248 g/mol. The highest BCUT2D eigenvalue weighted by Gasteiger charge is 2.40. The summed E-state index contributed by atoms with van der Waals surface area (Å²) in [6, 6.07) is 9.77. The standard InChI is InChI=1S/C14H16O4/c1-2-14(17-10-13(8-15)18-14)11-16-9-12-6-4-3-5-7-12/h1,3-7,13,15H,8-11H2/t13-,14-/m1/s1. The highest BCUT2D eigenvalue weighted by Crippen LogP contribution is 2.23. The Morgan fingerprint density at radius 2 is 2.22 bits per heavy atom. The van der Waals surface area contributed by atoms with Gasteiger partial charge < -0.3 is 19.3 Å². The molecule has 1 aliphatic heterocycles. The van der Waals surface area contributed by atoms with Crippen LogP contribution in [0.25, 0.3) is 0 Å². The molecule has 0 amide bonds. The van der Waals surface area contributed by atoms with Gasteiger partial charge in [0.25, 0.3) is 5.79 Å². The van der Waals surface area contributed by atoms with Crippen molar-refractivity contribution in [2.75, 3.05) is 19.8 Å². The molecule has 0 unspecified atom stereocenters. The van der Waals surface area contributed by atoms with Crippen molar-refractivity contribution in [3.8, 4) is 12.3 Å². The van der Waals surface area contributed by atoms with Crippen LogP contribution < -0.4 is 0 Å². The Morgan fingerprint density at radius 1 is 1.44 bits per heavy atom. The molecule has 1 N–H and O–H groups in total. The fourth-order valence-corrected chi connectivity index (χ4v) is 1.73. The van der Waals surface area contributed by atoms with Gasteiger partial charge in [-0.25, -0.2) is 0 Å². The minimum Gasteiger partial charge on any atom is -0.394 e. The average Bonchev–Trinajstić information content (AvgIpc) is 2.84. The topological polar surface area (TPSA) is 47.9 Å². The Morgan fingerprint density at radius 3 is 2.83 bits per heavy atom. The monoisotopic (exact) mass is 248 g/mol. The van der Waals surface area contributed by atoms with E-state index in [-0.39, 0.29) is 25.9 Å². The lowest BCUT2D eigenvalue weighted by molar-refractivity contribution is -0.166. The van der Waals surface area contributed by atoms with Gasteiger partial charge in [0.05, 0.1) is 19.8 Å². The zero-order valence-electron chi connectivity index (χ0n) is 10.0. The van der Waals surface area contributed by atoms with Crippen molar-refractivity contribution in [2.24, 2.45) is 0 Å². The van der Waals surface area contributed by atoms with Crippen LogP contribution >= 0.6 is 0 Å². The largest absolute Gasteiger partial charge is 0.394 e. The first-order chi connectivity index (χ1) is 8.78. The molecule has 2 atom stereocenters. The first-order valence-electron chi connectivity index (χ1n) is 5.80. The lowest BCUT2D eigenvalue weighted by Crippen LogP contribution is -2.35. The van der Waals surface area contributed by atoms with Gasteiger partial charge in [-0.2, -0.15) is 0 Å². The van der Waals surface area contributed by atoms with E-state index in [4.69, 9.17) is 25.7 Å². The van der Waals surface area contributed by atoms with Gasteiger partial charge in [0.2, 0.25) is 0 Å². The predicted octanol–water partition coefficient (Wildman–Crippen LogP) is 0.940. The Hall–Kier alpha value is -1.38. The molecule has 4 heteroatoms. The number of aliphatic hydroxyl groups is 1. The third-order valence-corrected chi connectivity index (χ3v) is 2.69. The zero-order valence-corrected chi connectivity index (χ0v) is 10.0. The van der Waals surface area contributed by atoms with Crippen molar-refractivity contribution < 1.29 is 19.3 Å². The minimum atomic E-state index is -1.16. The van der Waals surface area contributed by atoms with E-state index in [9.17, 15) is 0 Å². The molecule has 1 saturated heterocycles. The molecule has 4 nitrogen and oxygen atoms in total. The van der Waals surface area contributed by atoms with Crippen LogP contribution in [0.5, 0.6) is 0 Å². The van der Waals surface area contributed by atoms with Crippen LogP contribution in [0, 0.1) is 12.3 Å². The van der Waals surface area contributed by atoms with Gasteiger partial charge >= 0.3 is 0 Å². The van der Waals surface area contributed by atoms with Crippen molar-refractivity contribution in [1.29, 1.82) is 0 Å². The van der Waals surface area contributed by atoms with Gasteiger partial charge in [0, 0.05) is 0 Å². The van der Waals surface area contributed by atoms with Crippen molar-refractivity contribution in [3.05, 3.63) is 35.9 Å².